The first kappa shape index (κ1) is 11.8. The number of rotatable bonds is 1. The van der Waals surface area contributed by atoms with Crippen molar-refractivity contribution in [3.63, 3.8) is 0 Å². The summed E-state index contributed by atoms with van der Waals surface area (Å²) in [6.07, 6.45) is 1.84. The zero-order valence-corrected chi connectivity index (χ0v) is 11.9. The molecule has 1 aliphatic heterocycles. The molecule has 0 spiro atoms. The molecule has 0 aromatic heterocycles. The molecule has 18 heavy (non-hydrogen) atoms. The van der Waals surface area contributed by atoms with Crippen molar-refractivity contribution >= 4 is 33.2 Å². The number of hydrogen-bond acceptors (Lipinski definition) is 3. The van der Waals surface area contributed by atoms with Gasteiger partial charge in [-0.15, -0.1) is 0 Å². The zero-order valence-electron chi connectivity index (χ0n) is 10.3. The minimum absolute atomic E-state index is 0.0480. The molecule has 4 nitrogen and oxygen atoms in total. The molecule has 96 valence electrons. The predicted octanol–water partition coefficient (Wildman–Crippen LogP) is 1.89. The van der Waals surface area contributed by atoms with E-state index < -0.39 is 0 Å². The molecule has 1 aromatic rings. The van der Waals surface area contributed by atoms with Crippen LogP contribution < -0.4 is 16.0 Å². The molecule has 1 aromatic carbocycles. The maximum absolute atomic E-state index is 11.2. The Bertz CT molecular complexity index is 515. The molecule has 2 aliphatic rings. The van der Waals surface area contributed by atoms with Crippen LogP contribution in [-0.2, 0) is 17.6 Å². The van der Waals surface area contributed by atoms with Crippen LogP contribution in [0.5, 0.6) is 0 Å². The number of anilines is 2. The summed E-state index contributed by atoms with van der Waals surface area (Å²) in [5, 5.41) is 9.90. The lowest BCUT2D eigenvalue weighted by molar-refractivity contribution is -0.119. The minimum atomic E-state index is 0.0480. The van der Waals surface area contributed by atoms with Crippen molar-refractivity contribution in [2.75, 3.05) is 23.7 Å². The highest BCUT2D eigenvalue weighted by molar-refractivity contribution is 9.10. The van der Waals surface area contributed by atoms with Gasteiger partial charge in [-0.1, -0.05) is 0 Å². The molecule has 3 rings (SSSR count). The van der Waals surface area contributed by atoms with E-state index in [1.165, 1.54) is 16.8 Å². The lowest BCUT2D eigenvalue weighted by Gasteiger charge is -2.24. The summed E-state index contributed by atoms with van der Waals surface area (Å²) in [6.45, 7) is 3.47. The average Bonchev–Trinajstić information content (AvgIpc) is 2.71. The Balaban J connectivity index is 1.96. The molecule has 1 atom stereocenters. The molecule has 0 radical (unpaired) electrons. The Hall–Kier alpha value is -1.23. The van der Waals surface area contributed by atoms with Crippen LogP contribution in [0.25, 0.3) is 0 Å². The molecule has 1 heterocycles. The van der Waals surface area contributed by atoms with Crippen molar-refractivity contribution < 1.29 is 4.79 Å². The molecule has 1 aliphatic carbocycles. The third kappa shape index (κ3) is 1.96. The Morgan fingerprint density at radius 1 is 1.33 bits per heavy atom. The Morgan fingerprint density at radius 2 is 2.06 bits per heavy atom. The van der Waals surface area contributed by atoms with Crippen molar-refractivity contribution in [3.05, 3.63) is 21.7 Å². The van der Waals surface area contributed by atoms with Gasteiger partial charge < -0.3 is 16.0 Å². The van der Waals surface area contributed by atoms with Gasteiger partial charge in [0.15, 0.2) is 0 Å². The van der Waals surface area contributed by atoms with Gasteiger partial charge in [-0.05, 0) is 46.0 Å². The fraction of sp³-hybridized carbons (Fsp3) is 0.462. The lowest BCUT2D eigenvalue weighted by Crippen LogP contribution is -2.33. The summed E-state index contributed by atoms with van der Waals surface area (Å²) in [7, 11) is 0. The van der Waals surface area contributed by atoms with Crippen LogP contribution in [0.4, 0.5) is 11.4 Å². The number of hydrogen-bond donors (Lipinski definition) is 3. The van der Waals surface area contributed by atoms with Gasteiger partial charge in [-0.2, -0.15) is 0 Å². The van der Waals surface area contributed by atoms with Crippen molar-refractivity contribution in [2.24, 2.45) is 0 Å². The smallest absolute Gasteiger partial charge is 0.217 e. The summed E-state index contributed by atoms with van der Waals surface area (Å²) >= 11 is 3.62. The summed E-state index contributed by atoms with van der Waals surface area (Å²) in [5.74, 6) is 0.0480. The SMILES string of the molecule is CC(=O)NC1Cc2cc(Br)c3c(c2C1)NCCN3. The normalized spacial score (nSPS) is 20.4. The van der Waals surface area contributed by atoms with Crippen LogP contribution in [0.2, 0.25) is 0 Å². The topological polar surface area (TPSA) is 53.2 Å². The van der Waals surface area contributed by atoms with Crippen molar-refractivity contribution in [1.82, 2.24) is 5.32 Å². The van der Waals surface area contributed by atoms with Gasteiger partial charge in [0.25, 0.3) is 0 Å². The van der Waals surface area contributed by atoms with E-state index in [2.05, 4.69) is 37.9 Å². The molecule has 3 N–H and O–H groups in total. The summed E-state index contributed by atoms with van der Waals surface area (Å²) in [5.41, 5.74) is 5.04. The number of amides is 1. The lowest BCUT2D eigenvalue weighted by atomic mass is 10.1. The Labute approximate surface area is 115 Å². The van der Waals surface area contributed by atoms with Gasteiger partial charge in [0, 0.05) is 30.5 Å². The Morgan fingerprint density at radius 3 is 2.78 bits per heavy atom. The standard InChI is InChI=1S/C13H16BrN3O/c1-7(18)17-9-4-8-5-11(14)13-12(10(8)6-9)15-2-3-16-13/h5,9,15-16H,2-4,6H2,1H3,(H,17,18). The first-order chi connectivity index (χ1) is 8.65. The molecular formula is C13H16BrN3O. The van der Waals surface area contributed by atoms with E-state index in [-0.39, 0.29) is 11.9 Å². The van der Waals surface area contributed by atoms with Gasteiger partial charge in [0.2, 0.25) is 5.91 Å². The molecule has 0 saturated carbocycles. The van der Waals surface area contributed by atoms with Gasteiger partial charge in [-0.25, -0.2) is 0 Å². The average molecular weight is 310 g/mol. The maximum Gasteiger partial charge on any atom is 0.217 e. The number of benzene rings is 1. The first-order valence-corrected chi connectivity index (χ1v) is 7.03. The third-order valence-corrected chi connectivity index (χ3v) is 4.16. The van der Waals surface area contributed by atoms with Crippen LogP contribution >= 0.6 is 15.9 Å². The van der Waals surface area contributed by atoms with Crippen molar-refractivity contribution in [3.8, 4) is 0 Å². The largest absolute Gasteiger partial charge is 0.381 e. The molecule has 5 heteroatoms. The van der Waals surface area contributed by atoms with Gasteiger partial charge in [0.1, 0.15) is 0 Å². The number of nitrogens with one attached hydrogen (secondary N) is 3. The van der Waals surface area contributed by atoms with Crippen LogP contribution in [0, 0.1) is 0 Å². The molecule has 1 amide bonds. The van der Waals surface area contributed by atoms with E-state index in [9.17, 15) is 4.79 Å². The number of carbonyl (C=O) groups is 1. The summed E-state index contributed by atoms with van der Waals surface area (Å²) < 4.78 is 1.10. The quantitative estimate of drug-likeness (QED) is 0.742. The fourth-order valence-electron chi connectivity index (χ4n) is 2.87. The van der Waals surface area contributed by atoms with E-state index in [0.29, 0.717) is 0 Å². The van der Waals surface area contributed by atoms with E-state index >= 15 is 0 Å². The van der Waals surface area contributed by atoms with E-state index in [4.69, 9.17) is 0 Å². The highest BCUT2D eigenvalue weighted by Crippen LogP contribution is 2.41. The number of fused-ring (bicyclic) bond motifs is 3. The maximum atomic E-state index is 11.2. The molecule has 0 fully saturated rings. The van der Waals surface area contributed by atoms with Crippen molar-refractivity contribution in [2.45, 2.75) is 25.8 Å². The highest BCUT2D eigenvalue weighted by Gasteiger charge is 2.28. The van der Waals surface area contributed by atoms with E-state index in [1.807, 2.05) is 0 Å². The monoisotopic (exact) mass is 309 g/mol. The zero-order chi connectivity index (χ0) is 12.7. The van der Waals surface area contributed by atoms with Crippen LogP contribution in [0.1, 0.15) is 18.1 Å². The summed E-state index contributed by atoms with van der Waals surface area (Å²) in [6, 6.07) is 2.41. The molecule has 1 unspecified atom stereocenters. The number of carbonyl (C=O) groups excluding carboxylic acids is 1. The second-order valence-corrected chi connectivity index (χ2v) is 5.76. The highest BCUT2D eigenvalue weighted by atomic mass is 79.9. The van der Waals surface area contributed by atoms with Gasteiger partial charge in [0.05, 0.1) is 11.4 Å². The van der Waals surface area contributed by atoms with E-state index in [0.717, 1.165) is 36.1 Å². The second kappa shape index (κ2) is 4.46. The van der Waals surface area contributed by atoms with Gasteiger partial charge >= 0.3 is 0 Å². The number of halogens is 1. The van der Waals surface area contributed by atoms with Gasteiger partial charge in [-0.3, -0.25) is 4.79 Å². The first-order valence-electron chi connectivity index (χ1n) is 6.24. The second-order valence-electron chi connectivity index (χ2n) is 4.91. The van der Waals surface area contributed by atoms with Crippen LogP contribution in [0.15, 0.2) is 10.5 Å². The molecular weight excluding hydrogens is 294 g/mol. The van der Waals surface area contributed by atoms with E-state index in [1.54, 1.807) is 6.92 Å². The van der Waals surface area contributed by atoms with Crippen LogP contribution in [-0.4, -0.2) is 25.0 Å². The van der Waals surface area contributed by atoms with Crippen LogP contribution in [0.3, 0.4) is 0 Å². The fourth-order valence-corrected chi connectivity index (χ4v) is 3.49. The molecule has 0 saturated heterocycles. The minimum Gasteiger partial charge on any atom is -0.381 e. The van der Waals surface area contributed by atoms with Crippen molar-refractivity contribution in [1.29, 1.82) is 0 Å². The summed E-state index contributed by atoms with van der Waals surface area (Å²) in [4.78, 5) is 11.2. The predicted molar refractivity (Wildman–Crippen MR) is 76.1 cm³/mol. The Kier molecular flexibility index (Phi) is 2.93. The molecule has 0 bridgehead atoms. The third-order valence-electron chi connectivity index (χ3n) is 3.53.